The van der Waals surface area contributed by atoms with Crippen LogP contribution < -0.4 is 15.4 Å². The first-order chi connectivity index (χ1) is 10.3. The van der Waals surface area contributed by atoms with Crippen molar-refractivity contribution in [2.75, 3.05) is 20.2 Å². The molecule has 0 bridgehead atoms. The Bertz CT molecular complexity index is 477. The summed E-state index contributed by atoms with van der Waals surface area (Å²) in [5.74, 6) is 1.80. The van der Waals surface area contributed by atoms with Crippen molar-refractivity contribution in [1.29, 1.82) is 0 Å². The first-order valence-electron chi connectivity index (χ1n) is 7.59. The average Bonchev–Trinajstić information content (AvgIpc) is 3.00. The minimum Gasteiger partial charge on any atom is -0.494 e. The zero-order valence-electron chi connectivity index (χ0n) is 13.3. The van der Waals surface area contributed by atoms with E-state index in [4.69, 9.17) is 4.74 Å². The molecule has 0 heterocycles. The molecule has 0 saturated heterocycles. The van der Waals surface area contributed by atoms with Crippen LogP contribution in [0.2, 0.25) is 0 Å². The minimum absolute atomic E-state index is 0. The molecule has 0 atom stereocenters. The van der Waals surface area contributed by atoms with Crippen LogP contribution in [0.4, 0.5) is 0 Å². The molecule has 0 radical (unpaired) electrons. The van der Waals surface area contributed by atoms with Crippen molar-refractivity contribution in [3.05, 3.63) is 42.0 Å². The molecular weight excluding hydrogens is 389 g/mol. The van der Waals surface area contributed by atoms with Gasteiger partial charge in [0.05, 0.1) is 6.61 Å². The van der Waals surface area contributed by atoms with Crippen LogP contribution >= 0.6 is 24.0 Å². The van der Waals surface area contributed by atoms with Crippen LogP contribution in [0.3, 0.4) is 0 Å². The number of benzene rings is 1. The van der Waals surface area contributed by atoms with Crippen molar-refractivity contribution in [2.24, 2.45) is 4.99 Å². The lowest BCUT2D eigenvalue weighted by Crippen LogP contribution is -2.42. The topological polar surface area (TPSA) is 45.7 Å². The van der Waals surface area contributed by atoms with Gasteiger partial charge in [-0.2, -0.15) is 0 Å². The van der Waals surface area contributed by atoms with E-state index in [9.17, 15) is 0 Å². The molecule has 0 aliphatic heterocycles. The molecule has 1 aliphatic rings. The van der Waals surface area contributed by atoms with Crippen molar-refractivity contribution in [3.63, 3.8) is 0 Å². The van der Waals surface area contributed by atoms with Gasteiger partial charge in [0.1, 0.15) is 5.75 Å². The van der Waals surface area contributed by atoms with Gasteiger partial charge in [-0.1, -0.05) is 29.8 Å². The maximum Gasteiger partial charge on any atom is 0.191 e. The summed E-state index contributed by atoms with van der Waals surface area (Å²) in [4.78, 5) is 4.24. The minimum atomic E-state index is 0. The van der Waals surface area contributed by atoms with Crippen LogP contribution in [0.15, 0.2) is 41.4 Å². The molecule has 4 nitrogen and oxygen atoms in total. The van der Waals surface area contributed by atoms with E-state index in [1.165, 1.54) is 5.56 Å². The van der Waals surface area contributed by atoms with Crippen LogP contribution in [0.1, 0.15) is 24.8 Å². The molecule has 2 N–H and O–H groups in total. The van der Waals surface area contributed by atoms with E-state index in [1.54, 1.807) is 7.05 Å². The summed E-state index contributed by atoms with van der Waals surface area (Å²) in [5.41, 5.74) is 1.25. The van der Waals surface area contributed by atoms with Crippen molar-refractivity contribution >= 4 is 29.9 Å². The third-order valence-electron chi connectivity index (χ3n) is 3.48. The second kappa shape index (κ2) is 10.5. The number of hydrogen-bond donors (Lipinski definition) is 2. The highest BCUT2D eigenvalue weighted by atomic mass is 127. The van der Waals surface area contributed by atoms with E-state index in [0.717, 1.165) is 37.5 Å². The van der Waals surface area contributed by atoms with Crippen LogP contribution in [0.25, 0.3) is 0 Å². The number of nitrogens with one attached hydrogen (secondary N) is 2. The van der Waals surface area contributed by atoms with Gasteiger partial charge in [0.25, 0.3) is 0 Å². The largest absolute Gasteiger partial charge is 0.494 e. The Morgan fingerprint density at radius 1 is 1.23 bits per heavy atom. The molecule has 0 unspecified atom stereocenters. The Balaban J connectivity index is 0.00000242. The van der Waals surface area contributed by atoms with Crippen molar-refractivity contribution < 1.29 is 4.74 Å². The Hall–Kier alpha value is -1.24. The lowest BCUT2D eigenvalue weighted by molar-refractivity contribution is 0.311. The Kier molecular flexibility index (Phi) is 8.96. The van der Waals surface area contributed by atoms with Gasteiger partial charge in [0.2, 0.25) is 0 Å². The summed E-state index contributed by atoms with van der Waals surface area (Å²) >= 11 is 0. The van der Waals surface area contributed by atoms with Gasteiger partial charge >= 0.3 is 0 Å². The second-order valence-corrected chi connectivity index (χ2v) is 5.30. The normalized spacial score (nSPS) is 14.5. The zero-order valence-corrected chi connectivity index (χ0v) is 15.7. The number of hydrogen-bond acceptors (Lipinski definition) is 2. The van der Waals surface area contributed by atoms with Crippen LogP contribution in [0, 0.1) is 6.92 Å². The highest BCUT2D eigenvalue weighted by molar-refractivity contribution is 14.0. The van der Waals surface area contributed by atoms with Gasteiger partial charge in [-0.15, -0.1) is 24.0 Å². The number of ether oxygens (including phenoxy) is 1. The van der Waals surface area contributed by atoms with Gasteiger partial charge in [-0.05, 0) is 38.3 Å². The maximum absolute atomic E-state index is 5.70. The zero-order chi connectivity index (χ0) is 14.9. The number of aryl methyl sites for hydroxylation is 1. The monoisotopic (exact) mass is 415 g/mol. The highest BCUT2D eigenvalue weighted by Crippen LogP contribution is 2.11. The number of rotatable bonds is 6. The Morgan fingerprint density at radius 2 is 1.91 bits per heavy atom. The summed E-state index contributed by atoms with van der Waals surface area (Å²) in [7, 11) is 1.81. The standard InChI is InChI=1S/C17H25N3O.HI/c1-14-8-10-16(11-9-14)21-13-5-12-19-17(18-2)20-15-6-3-4-7-15;/h3-4,8-11,15H,5-7,12-13H2,1-2H3,(H2,18,19,20);1H. The summed E-state index contributed by atoms with van der Waals surface area (Å²) < 4.78 is 5.70. The number of aliphatic imine (C=N–C) groups is 1. The van der Waals surface area contributed by atoms with Gasteiger partial charge in [-0.3, -0.25) is 4.99 Å². The molecule has 122 valence electrons. The van der Waals surface area contributed by atoms with E-state index in [0.29, 0.717) is 12.6 Å². The maximum atomic E-state index is 5.70. The molecule has 0 aromatic heterocycles. The molecule has 0 saturated carbocycles. The van der Waals surface area contributed by atoms with Crippen LogP contribution in [0.5, 0.6) is 5.75 Å². The molecule has 1 aromatic carbocycles. The smallest absolute Gasteiger partial charge is 0.191 e. The fourth-order valence-corrected chi connectivity index (χ4v) is 2.23. The molecule has 0 fully saturated rings. The highest BCUT2D eigenvalue weighted by Gasteiger charge is 2.10. The third-order valence-corrected chi connectivity index (χ3v) is 3.48. The fraction of sp³-hybridized carbons (Fsp3) is 0.471. The summed E-state index contributed by atoms with van der Waals surface area (Å²) in [6.07, 6.45) is 7.52. The predicted octanol–water partition coefficient (Wildman–Crippen LogP) is 3.27. The van der Waals surface area contributed by atoms with Crippen LogP contribution in [-0.2, 0) is 0 Å². The molecule has 22 heavy (non-hydrogen) atoms. The quantitative estimate of drug-likeness (QED) is 0.247. The number of nitrogens with zero attached hydrogens (tertiary/aromatic N) is 1. The summed E-state index contributed by atoms with van der Waals surface area (Å²) in [6, 6.07) is 8.64. The molecule has 0 spiro atoms. The average molecular weight is 415 g/mol. The van der Waals surface area contributed by atoms with Crippen LogP contribution in [-0.4, -0.2) is 32.2 Å². The van der Waals surface area contributed by atoms with Gasteiger partial charge < -0.3 is 15.4 Å². The Labute approximate surface area is 150 Å². The fourth-order valence-electron chi connectivity index (χ4n) is 2.23. The lowest BCUT2D eigenvalue weighted by atomic mass is 10.2. The number of halogens is 1. The predicted molar refractivity (Wildman–Crippen MR) is 103 cm³/mol. The summed E-state index contributed by atoms with van der Waals surface area (Å²) in [5, 5.41) is 6.74. The molecule has 2 rings (SSSR count). The third kappa shape index (κ3) is 6.68. The van der Waals surface area contributed by atoms with Gasteiger partial charge in [-0.25, -0.2) is 0 Å². The van der Waals surface area contributed by atoms with E-state index < -0.39 is 0 Å². The van der Waals surface area contributed by atoms with Crippen molar-refractivity contribution in [1.82, 2.24) is 10.6 Å². The SMILES string of the molecule is CN=C(NCCCOc1ccc(C)cc1)NC1CC=CC1.I. The lowest BCUT2D eigenvalue weighted by Gasteiger charge is -2.16. The van der Waals surface area contributed by atoms with E-state index in [-0.39, 0.29) is 24.0 Å². The Morgan fingerprint density at radius 3 is 2.55 bits per heavy atom. The van der Waals surface area contributed by atoms with Crippen molar-refractivity contribution in [3.8, 4) is 5.75 Å². The van der Waals surface area contributed by atoms with Gasteiger partial charge in [0, 0.05) is 19.6 Å². The number of guanidine groups is 1. The van der Waals surface area contributed by atoms with E-state index in [1.807, 2.05) is 12.1 Å². The molecule has 5 heteroatoms. The second-order valence-electron chi connectivity index (χ2n) is 5.30. The molecular formula is C17H26IN3O. The molecule has 1 aliphatic carbocycles. The van der Waals surface area contributed by atoms with Gasteiger partial charge in [0.15, 0.2) is 5.96 Å². The van der Waals surface area contributed by atoms with E-state index >= 15 is 0 Å². The molecule has 0 amide bonds. The van der Waals surface area contributed by atoms with E-state index in [2.05, 4.69) is 46.8 Å². The molecule has 1 aromatic rings. The van der Waals surface area contributed by atoms with Crippen molar-refractivity contribution in [2.45, 2.75) is 32.2 Å². The summed E-state index contributed by atoms with van der Waals surface area (Å²) in [6.45, 7) is 3.63. The first kappa shape index (κ1) is 18.8. The first-order valence-corrected chi connectivity index (χ1v) is 7.59.